The Morgan fingerprint density at radius 3 is 2.61 bits per heavy atom. The van der Waals surface area contributed by atoms with E-state index in [4.69, 9.17) is 4.74 Å². The summed E-state index contributed by atoms with van der Waals surface area (Å²) in [6.07, 6.45) is 0.961. The maximum atomic E-state index is 13.2. The number of urea groups is 1. The number of imide groups is 1. The van der Waals surface area contributed by atoms with Crippen LogP contribution in [0.15, 0.2) is 54.6 Å². The van der Waals surface area contributed by atoms with Crippen molar-refractivity contribution in [1.82, 2.24) is 10.2 Å². The van der Waals surface area contributed by atoms with Gasteiger partial charge in [0.2, 0.25) is 0 Å². The molecular formula is C23H23N3O5. The van der Waals surface area contributed by atoms with E-state index in [1.165, 1.54) is 6.92 Å². The summed E-state index contributed by atoms with van der Waals surface area (Å²) in [6.45, 7) is 0.873. The second kappa shape index (κ2) is 8.22. The fraction of sp³-hybridized carbons (Fsp3) is 0.304. The van der Waals surface area contributed by atoms with Crippen LogP contribution in [0.5, 0.6) is 0 Å². The van der Waals surface area contributed by atoms with Gasteiger partial charge in [0.1, 0.15) is 12.1 Å². The van der Waals surface area contributed by atoms with Crippen molar-refractivity contribution in [2.75, 3.05) is 11.9 Å². The Morgan fingerprint density at radius 1 is 1.13 bits per heavy atom. The third-order valence-electron chi connectivity index (χ3n) is 5.66. The molecule has 0 radical (unpaired) electrons. The number of hydrogen-bond acceptors (Lipinski definition) is 5. The molecular weight excluding hydrogens is 398 g/mol. The SMILES string of the molecule is C[C@@H](OC(=O)CN1C(=O)N[C@]2(CCCc3ccccc32)C1=O)C(=O)Nc1ccccc1. The summed E-state index contributed by atoms with van der Waals surface area (Å²) in [7, 11) is 0. The molecule has 0 unspecified atom stereocenters. The number of nitrogens with one attached hydrogen (secondary N) is 2. The lowest BCUT2D eigenvalue weighted by atomic mass is 9.76. The van der Waals surface area contributed by atoms with E-state index >= 15 is 0 Å². The summed E-state index contributed by atoms with van der Waals surface area (Å²) >= 11 is 0. The normalized spacial score (nSPS) is 20.7. The zero-order chi connectivity index (χ0) is 22.0. The summed E-state index contributed by atoms with van der Waals surface area (Å²) < 4.78 is 5.16. The van der Waals surface area contributed by atoms with Gasteiger partial charge in [0.25, 0.3) is 11.8 Å². The molecule has 1 aliphatic carbocycles. The van der Waals surface area contributed by atoms with Crippen molar-refractivity contribution in [3.05, 3.63) is 65.7 Å². The molecule has 160 valence electrons. The number of amides is 4. The lowest BCUT2D eigenvalue weighted by Crippen LogP contribution is -2.47. The molecule has 31 heavy (non-hydrogen) atoms. The monoisotopic (exact) mass is 421 g/mol. The van der Waals surface area contributed by atoms with Crippen molar-refractivity contribution in [2.24, 2.45) is 0 Å². The largest absolute Gasteiger partial charge is 0.451 e. The molecule has 8 heteroatoms. The highest BCUT2D eigenvalue weighted by molar-refractivity contribution is 6.09. The maximum absolute atomic E-state index is 13.2. The Balaban J connectivity index is 1.42. The number of aryl methyl sites for hydroxylation is 1. The maximum Gasteiger partial charge on any atom is 0.327 e. The predicted molar refractivity (Wildman–Crippen MR) is 112 cm³/mol. The summed E-state index contributed by atoms with van der Waals surface area (Å²) in [5.74, 6) is -1.81. The third kappa shape index (κ3) is 3.88. The standard InChI is InChI=1S/C23H23N3O5/c1-15(20(28)24-17-10-3-2-4-11-17)31-19(27)14-26-21(29)23(25-22(26)30)13-7-9-16-8-5-6-12-18(16)23/h2-6,8,10-12,15H,7,9,13-14H2,1H3,(H,24,28)(H,25,30)/t15-,23+/m1/s1. The minimum Gasteiger partial charge on any atom is -0.451 e. The topological polar surface area (TPSA) is 105 Å². The number of hydrogen-bond donors (Lipinski definition) is 2. The zero-order valence-corrected chi connectivity index (χ0v) is 17.1. The second-order valence-electron chi connectivity index (χ2n) is 7.72. The quantitative estimate of drug-likeness (QED) is 0.570. The van der Waals surface area contributed by atoms with Gasteiger partial charge in [-0.25, -0.2) is 4.79 Å². The number of carbonyl (C=O) groups is 4. The molecule has 1 fully saturated rings. The molecule has 1 heterocycles. The molecule has 2 atom stereocenters. The highest BCUT2D eigenvalue weighted by atomic mass is 16.5. The molecule has 2 aromatic carbocycles. The number of ether oxygens (including phenoxy) is 1. The molecule has 4 amide bonds. The molecule has 2 N–H and O–H groups in total. The first kappa shape index (κ1) is 20.6. The van der Waals surface area contributed by atoms with Gasteiger partial charge >= 0.3 is 12.0 Å². The third-order valence-corrected chi connectivity index (χ3v) is 5.66. The van der Waals surface area contributed by atoms with Crippen LogP contribution in [0.4, 0.5) is 10.5 Å². The van der Waals surface area contributed by atoms with Crippen LogP contribution in [0.2, 0.25) is 0 Å². The average Bonchev–Trinajstić information content (AvgIpc) is 2.99. The lowest BCUT2D eigenvalue weighted by molar-refractivity contribution is -0.155. The molecule has 1 spiro atoms. The first-order valence-electron chi connectivity index (χ1n) is 10.2. The zero-order valence-electron chi connectivity index (χ0n) is 17.1. The van der Waals surface area contributed by atoms with Crippen molar-refractivity contribution in [3.8, 4) is 0 Å². The number of carbonyl (C=O) groups excluding carboxylic acids is 4. The first-order valence-corrected chi connectivity index (χ1v) is 10.2. The lowest BCUT2D eigenvalue weighted by Gasteiger charge is -2.33. The van der Waals surface area contributed by atoms with E-state index in [1.54, 1.807) is 24.3 Å². The Labute approximate surface area is 179 Å². The van der Waals surface area contributed by atoms with E-state index in [2.05, 4.69) is 10.6 Å². The number of nitrogens with zero attached hydrogens (tertiary/aromatic N) is 1. The fourth-order valence-corrected chi connectivity index (χ4v) is 4.14. The van der Waals surface area contributed by atoms with Crippen LogP contribution < -0.4 is 10.6 Å². The van der Waals surface area contributed by atoms with E-state index in [9.17, 15) is 19.2 Å². The smallest absolute Gasteiger partial charge is 0.327 e. The number of anilines is 1. The van der Waals surface area contributed by atoms with E-state index < -0.39 is 42.0 Å². The van der Waals surface area contributed by atoms with Crippen molar-refractivity contribution in [1.29, 1.82) is 0 Å². The molecule has 4 rings (SSSR count). The number of para-hydroxylation sites is 1. The summed E-state index contributed by atoms with van der Waals surface area (Å²) in [5.41, 5.74) is 1.20. The van der Waals surface area contributed by atoms with Crippen LogP contribution in [0.1, 0.15) is 30.9 Å². The van der Waals surface area contributed by atoms with Crippen molar-refractivity contribution in [2.45, 2.75) is 37.8 Å². The van der Waals surface area contributed by atoms with E-state index in [0.717, 1.165) is 28.9 Å². The Morgan fingerprint density at radius 2 is 1.84 bits per heavy atom. The Kier molecular flexibility index (Phi) is 5.46. The number of esters is 1. The summed E-state index contributed by atoms with van der Waals surface area (Å²) in [5, 5.41) is 5.43. The van der Waals surface area contributed by atoms with Crippen LogP contribution in [-0.2, 0) is 31.1 Å². The Bertz CT molecular complexity index is 1040. The van der Waals surface area contributed by atoms with Crippen LogP contribution in [0.3, 0.4) is 0 Å². The van der Waals surface area contributed by atoms with Gasteiger partial charge in [0.15, 0.2) is 6.10 Å². The first-order chi connectivity index (χ1) is 14.9. The van der Waals surface area contributed by atoms with Crippen LogP contribution in [-0.4, -0.2) is 41.4 Å². The number of rotatable bonds is 5. The predicted octanol–water partition coefficient (Wildman–Crippen LogP) is 2.34. The molecule has 0 bridgehead atoms. The van der Waals surface area contributed by atoms with Crippen LogP contribution >= 0.6 is 0 Å². The number of fused-ring (bicyclic) bond motifs is 2. The average molecular weight is 421 g/mol. The van der Waals surface area contributed by atoms with Gasteiger partial charge < -0.3 is 15.4 Å². The van der Waals surface area contributed by atoms with Gasteiger partial charge in [-0.05, 0) is 49.4 Å². The van der Waals surface area contributed by atoms with Crippen molar-refractivity contribution in [3.63, 3.8) is 0 Å². The summed E-state index contributed by atoms with van der Waals surface area (Å²) in [6, 6.07) is 15.6. The minimum absolute atomic E-state index is 0.468. The second-order valence-corrected chi connectivity index (χ2v) is 7.72. The highest BCUT2D eigenvalue weighted by Gasteiger charge is 2.54. The minimum atomic E-state index is -1.15. The molecule has 1 aliphatic heterocycles. The summed E-state index contributed by atoms with van der Waals surface area (Å²) in [4.78, 5) is 51.3. The molecule has 2 aliphatic rings. The molecule has 1 saturated heterocycles. The molecule has 2 aromatic rings. The van der Waals surface area contributed by atoms with Crippen molar-refractivity contribution >= 4 is 29.5 Å². The highest BCUT2D eigenvalue weighted by Crippen LogP contribution is 2.39. The van der Waals surface area contributed by atoms with Gasteiger partial charge in [0.05, 0.1) is 0 Å². The van der Waals surface area contributed by atoms with Crippen molar-refractivity contribution < 1.29 is 23.9 Å². The molecule has 0 saturated carbocycles. The van der Waals surface area contributed by atoms with Gasteiger partial charge in [-0.2, -0.15) is 0 Å². The van der Waals surface area contributed by atoms with E-state index in [1.807, 2.05) is 30.3 Å². The van der Waals surface area contributed by atoms with Crippen LogP contribution in [0, 0.1) is 0 Å². The number of benzene rings is 2. The molecule has 8 nitrogen and oxygen atoms in total. The van der Waals surface area contributed by atoms with Gasteiger partial charge in [-0.3, -0.25) is 19.3 Å². The van der Waals surface area contributed by atoms with E-state index in [0.29, 0.717) is 12.1 Å². The van der Waals surface area contributed by atoms with Crippen LogP contribution in [0.25, 0.3) is 0 Å². The van der Waals surface area contributed by atoms with Gasteiger partial charge in [0, 0.05) is 5.69 Å². The van der Waals surface area contributed by atoms with Gasteiger partial charge in [-0.1, -0.05) is 42.5 Å². The fourth-order valence-electron chi connectivity index (χ4n) is 4.14. The Hall–Kier alpha value is -3.68. The van der Waals surface area contributed by atoms with Gasteiger partial charge in [-0.15, -0.1) is 0 Å². The molecule has 0 aromatic heterocycles. The van der Waals surface area contributed by atoms with E-state index in [-0.39, 0.29) is 0 Å².